The van der Waals surface area contributed by atoms with E-state index in [1.165, 1.54) is 0 Å². The summed E-state index contributed by atoms with van der Waals surface area (Å²) in [5.41, 5.74) is 0. The molecule has 0 spiro atoms. The van der Waals surface area contributed by atoms with Crippen LogP contribution in [0.3, 0.4) is 0 Å². The van der Waals surface area contributed by atoms with Crippen LogP contribution in [0.15, 0.2) is 11.6 Å². The number of nitrogens with zero attached hydrogens (tertiary/aromatic N) is 1. The zero-order valence-corrected chi connectivity index (χ0v) is 9.96. The Bertz CT molecular complexity index is 321. The van der Waals surface area contributed by atoms with Gasteiger partial charge in [0.2, 0.25) is 5.91 Å². The summed E-state index contributed by atoms with van der Waals surface area (Å²) < 4.78 is 5.22. The molecule has 1 N–H and O–H groups in total. The van der Waals surface area contributed by atoms with Gasteiger partial charge in [-0.15, -0.1) is 11.3 Å². The number of amides is 1. The average Bonchev–Trinajstić information content (AvgIpc) is 2.83. The van der Waals surface area contributed by atoms with Gasteiger partial charge in [-0.2, -0.15) is 0 Å². The van der Waals surface area contributed by atoms with Gasteiger partial charge < -0.3 is 10.1 Å². The van der Waals surface area contributed by atoms with Crippen molar-refractivity contribution in [1.82, 2.24) is 10.3 Å². The molecule has 0 aliphatic carbocycles. The lowest BCUT2D eigenvalue weighted by Gasteiger charge is -2.21. The van der Waals surface area contributed by atoms with E-state index < -0.39 is 0 Å². The number of hydrogen-bond donors (Lipinski definition) is 1. The molecule has 1 aliphatic heterocycles. The molecule has 5 heteroatoms. The fourth-order valence-electron chi connectivity index (χ4n) is 1.77. The molecule has 1 fully saturated rings. The number of thiazole rings is 1. The number of carbonyl (C=O) groups excluding carboxylic acids is 1. The van der Waals surface area contributed by atoms with Crippen LogP contribution in [0.1, 0.15) is 17.8 Å². The number of ether oxygens (including phenoxy) is 1. The molecule has 1 aromatic heterocycles. The molecule has 1 saturated heterocycles. The zero-order valence-electron chi connectivity index (χ0n) is 9.15. The van der Waals surface area contributed by atoms with E-state index in [1.54, 1.807) is 17.5 Å². The third-order valence-electron chi connectivity index (χ3n) is 2.71. The van der Waals surface area contributed by atoms with Crippen LogP contribution in [0.5, 0.6) is 0 Å². The SMILES string of the molecule is O=C(NCCc1nccs1)C1CCOCC1. The second-order valence-electron chi connectivity index (χ2n) is 3.85. The van der Waals surface area contributed by atoms with Gasteiger partial charge in [-0.05, 0) is 12.8 Å². The van der Waals surface area contributed by atoms with E-state index in [9.17, 15) is 4.79 Å². The second-order valence-corrected chi connectivity index (χ2v) is 4.83. The molecule has 0 aromatic carbocycles. The van der Waals surface area contributed by atoms with E-state index in [-0.39, 0.29) is 11.8 Å². The Morgan fingerprint density at radius 2 is 2.38 bits per heavy atom. The lowest BCUT2D eigenvalue weighted by atomic mass is 9.99. The first-order chi connectivity index (χ1) is 7.86. The molecule has 88 valence electrons. The third kappa shape index (κ3) is 3.28. The van der Waals surface area contributed by atoms with E-state index in [0.29, 0.717) is 19.8 Å². The highest BCUT2D eigenvalue weighted by Gasteiger charge is 2.20. The van der Waals surface area contributed by atoms with E-state index in [4.69, 9.17) is 4.74 Å². The van der Waals surface area contributed by atoms with E-state index >= 15 is 0 Å². The van der Waals surface area contributed by atoms with Gasteiger partial charge in [0.05, 0.1) is 5.01 Å². The molecule has 4 nitrogen and oxygen atoms in total. The lowest BCUT2D eigenvalue weighted by molar-refractivity contribution is -0.127. The Morgan fingerprint density at radius 1 is 1.56 bits per heavy atom. The molecule has 0 bridgehead atoms. The van der Waals surface area contributed by atoms with Gasteiger partial charge in [0, 0.05) is 43.7 Å². The van der Waals surface area contributed by atoms with Crippen LogP contribution in [0.25, 0.3) is 0 Å². The Kier molecular flexibility index (Phi) is 4.30. The topological polar surface area (TPSA) is 51.2 Å². The minimum Gasteiger partial charge on any atom is -0.381 e. The second kappa shape index (κ2) is 5.96. The summed E-state index contributed by atoms with van der Waals surface area (Å²) >= 11 is 1.63. The smallest absolute Gasteiger partial charge is 0.223 e. The first-order valence-corrected chi connectivity index (χ1v) is 6.48. The summed E-state index contributed by atoms with van der Waals surface area (Å²) in [4.78, 5) is 15.9. The number of hydrogen-bond acceptors (Lipinski definition) is 4. The molecular weight excluding hydrogens is 224 g/mol. The number of aromatic nitrogens is 1. The van der Waals surface area contributed by atoms with Crippen molar-refractivity contribution < 1.29 is 9.53 Å². The van der Waals surface area contributed by atoms with E-state index in [1.807, 2.05) is 5.38 Å². The van der Waals surface area contributed by atoms with Crippen molar-refractivity contribution in [1.29, 1.82) is 0 Å². The molecular formula is C11H16N2O2S. The van der Waals surface area contributed by atoms with Crippen molar-refractivity contribution in [3.63, 3.8) is 0 Å². The fraction of sp³-hybridized carbons (Fsp3) is 0.636. The van der Waals surface area contributed by atoms with Crippen molar-refractivity contribution in [2.45, 2.75) is 19.3 Å². The van der Waals surface area contributed by atoms with Gasteiger partial charge in [-0.3, -0.25) is 4.79 Å². The van der Waals surface area contributed by atoms with Crippen LogP contribution in [0.4, 0.5) is 0 Å². The molecule has 1 aromatic rings. The minimum absolute atomic E-state index is 0.144. The van der Waals surface area contributed by atoms with Gasteiger partial charge in [0.25, 0.3) is 0 Å². The van der Waals surface area contributed by atoms with Gasteiger partial charge in [-0.25, -0.2) is 4.98 Å². The Hall–Kier alpha value is -0.940. The summed E-state index contributed by atoms with van der Waals surface area (Å²) in [6, 6.07) is 0. The van der Waals surface area contributed by atoms with Crippen LogP contribution in [-0.4, -0.2) is 30.6 Å². The van der Waals surface area contributed by atoms with Crippen molar-refractivity contribution >= 4 is 17.2 Å². The summed E-state index contributed by atoms with van der Waals surface area (Å²) in [6.07, 6.45) is 4.32. The Balaban J connectivity index is 1.67. The average molecular weight is 240 g/mol. The van der Waals surface area contributed by atoms with E-state index in [0.717, 1.165) is 24.3 Å². The predicted molar refractivity (Wildman–Crippen MR) is 62.4 cm³/mol. The van der Waals surface area contributed by atoms with Crippen LogP contribution in [0, 0.1) is 5.92 Å². The van der Waals surface area contributed by atoms with Gasteiger partial charge in [0.1, 0.15) is 0 Å². The van der Waals surface area contributed by atoms with Gasteiger partial charge in [-0.1, -0.05) is 0 Å². The highest BCUT2D eigenvalue weighted by molar-refractivity contribution is 7.09. The maximum Gasteiger partial charge on any atom is 0.223 e. The van der Waals surface area contributed by atoms with Crippen LogP contribution in [-0.2, 0) is 16.0 Å². The first-order valence-electron chi connectivity index (χ1n) is 5.60. The summed E-state index contributed by atoms with van der Waals surface area (Å²) in [6.45, 7) is 2.11. The highest BCUT2D eigenvalue weighted by Crippen LogP contribution is 2.14. The standard InChI is InChI=1S/C11H16N2O2S/c14-11(9-2-6-15-7-3-9)13-4-1-10-12-5-8-16-10/h5,8-9H,1-4,6-7H2,(H,13,14). The number of carbonyl (C=O) groups is 1. The maximum atomic E-state index is 11.7. The zero-order chi connectivity index (χ0) is 11.2. The molecule has 2 heterocycles. The minimum atomic E-state index is 0.144. The molecule has 0 saturated carbocycles. The third-order valence-corrected chi connectivity index (χ3v) is 3.55. The van der Waals surface area contributed by atoms with Crippen LogP contribution in [0.2, 0.25) is 0 Å². The fourth-order valence-corrected chi connectivity index (χ4v) is 2.39. The van der Waals surface area contributed by atoms with Crippen molar-refractivity contribution in [3.05, 3.63) is 16.6 Å². The van der Waals surface area contributed by atoms with Gasteiger partial charge in [0.15, 0.2) is 0 Å². The number of nitrogens with one attached hydrogen (secondary N) is 1. The molecule has 1 amide bonds. The summed E-state index contributed by atoms with van der Waals surface area (Å²) in [5, 5.41) is 5.99. The van der Waals surface area contributed by atoms with Crippen molar-refractivity contribution in [2.24, 2.45) is 5.92 Å². The largest absolute Gasteiger partial charge is 0.381 e. The van der Waals surface area contributed by atoms with Crippen molar-refractivity contribution in [2.75, 3.05) is 19.8 Å². The molecule has 0 radical (unpaired) electrons. The first kappa shape index (κ1) is 11.5. The lowest BCUT2D eigenvalue weighted by Crippen LogP contribution is -2.35. The van der Waals surface area contributed by atoms with Gasteiger partial charge >= 0.3 is 0 Å². The summed E-state index contributed by atoms with van der Waals surface area (Å²) in [7, 11) is 0. The Morgan fingerprint density at radius 3 is 3.06 bits per heavy atom. The van der Waals surface area contributed by atoms with Crippen molar-refractivity contribution in [3.8, 4) is 0 Å². The quantitative estimate of drug-likeness (QED) is 0.861. The van der Waals surface area contributed by atoms with Crippen LogP contribution < -0.4 is 5.32 Å². The monoisotopic (exact) mass is 240 g/mol. The van der Waals surface area contributed by atoms with Crippen LogP contribution >= 0.6 is 11.3 Å². The summed E-state index contributed by atoms with van der Waals surface area (Å²) in [5.74, 6) is 0.310. The molecule has 2 rings (SSSR count). The predicted octanol–water partition coefficient (Wildman–Crippen LogP) is 1.23. The number of rotatable bonds is 4. The molecule has 0 atom stereocenters. The normalized spacial score (nSPS) is 17.2. The highest BCUT2D eigenvalue weighted by atomic mass is 32.1. The van der Waals surface area contributed by atoms with E-state index in [2.05, 4.69) is 10.3 Å². The molecule has 1 aliphatic rings. The maximum absolute atomic E-state index is 11.7. The molecule has 0 unspecified atom stereocenters. The molecule has 16 heavy (non-hydrogen) atoms. The Labute approximate surface area is 99.0 Å².